The molecule has 0 aliphatic rings. The van der Waals surface area contributed by atoms with Crippen molar-refractivity contribution in [3.8, 4) is 5.75 Å². The largest absolute Gasteiger partial charge is 0.497 e. The lowest BCUT2D eigenvalue weighted by Crippen LogP contribution is -2.38. The Morgan fingerprint density at radius 1 is 1.12 bits per heavy atom. The highest BCUT2D eigenvalue weighted by molar-refractivity contribution is 5.79. The first-order valence-electron chi connectivity index (χ1n) is 8.62. The fourth-order valence-electron chi connectivity index (χ4n) is 2.08. The van der Waals surface area contributed by atoms with Crippen LogP contribution in [0.25, 0.3) is 0 Å². The number of rotatable bonds is 12. The first-order chi connectivity index (χ1) is 12.2. The minimum atomic E-state index is -0.654. The second-order valence-corrected chi connectivity index (χ2v) is 5.39. The molecule has 3 N–H and O–H groups in total. The van der Waals surface area contributed by atoms with Gasteiger partial charge < -0.3 is 30.0 Å². The van der Waals surface area contributed by atoms with Crippen LogP contribution >= 0.6 is 0 Å². The van der Waals surface area contributed by atoms with Gasteiger partial charge in [0.15, 0.2) is 5.96 Å². The van der Waals surface area contributed by atoms with Gasteiger partial charge >= 0.3 is 0 Å². The standard InChI is InChI=1S/C18H31N3O4/c1-4-19-18(20-10-5-11-25-13-12-23-2)21-14-17(22)15-6-8-16(24-3)9-7-15/h6-9,17,22H,4-5,10-14H2,1-3H3,(H2,19,20,21). The van der Waals surface area contributed by atoms with Gasteiger partial charge in [0.25, 0.3) is 0 Å². The molecule has 0 spiro atoms. The summed E-state index contributed by atoms with van der Waals surface area (Å²) in [6.07, 6.45) is 0.216. The van der Waals surface area contributed by atoms with Crippen LogP contribution in [0.5, 0.6) is 5.75 Å². The van der Waals surface area contributed by atoms with E-state index < -0.39 is 6.10 Å². The molecular formula is C18H31N3O4. The summed E-state index contributed by atoms with van der Waals surface area (Å²) in [5, 5.41) is 16.7. The maximum Gasteiger partial charge on any atom is 0.191 e. The Morgan fingerprint density at radius 2 is 1.88 bits per heavy atom. The summed E-state index contributed by atoms with van der Waals surface area (Å²) in [7, 11) is 3.27. The number of aliphatic hydroxyl groups excluding tert-OH is 1. The summed E-state index contributed by atoms with van der Waals surface area (Å²) in [5.74, 6) is 1.45. The van der Waals surface area contributed by atoms with Crippen molar-refractivity contribution in [2.45, 2.75) is 19.4 Å². The molecule has 25 heavy (non-hydrogen) atoms. The van der Waals surface area contributed by atoms with Crippen molar-refractivity contribution in [2.24, 2.45) is 4.99 Å². The zero-order chi connectivity index (χ0) is 18.3. The van der Waals surface area contributed by atoms with Crippen molar-refractivity contribution in [3.63, 3.8) is 0 Å². The molecule has 1 atom stereocenters. The fraction of sp³-hybridized carbons (Fsp3) is 0.611. The number of methoxy groups -OCH3 is 2. The number of hydrogen-bond donors (Lipinski definition) is 3. The number of guanidine groups is 1. The fourth-order valence-corrected chi connectivity index (χ4v) is 2.08. The minimum absolute atomic E-state index is 0.284. The minimum Gasteiger partial charge on any atom is -0.497 e. The molecule has 0 radical (unpaired) electrons. The van der Waals surface area contributed by atoms with Gasteiger partial charge in [0.05, 0.1) is 33.0 Å². The topological polar surface area (TPSA) is 84.3 Å². The van der Waals surface area contributed by atoms with Gasteiger partial charge in [-0.05, 0) is 31.0 Å². The predicted molar refractivity (Wildman–Crippen MR) is 99.2 cm³/mol. The van der Waals surface area contributed by atoms with Crippen LogP contribution in [-0.2, 0) is 9.47 Å². The van der Waals surface area contributed by atoms with E-state index in [1.165, 1.54) is 0 Å². The van der Waals surface area contributed by atoms with E-state index in [2.05, 4.69) is 15.6 Å². The Labute approximate surface area is 150 Å². The number of benzene rings is 1. The van der Waals surface area contributed by atoms with Gasteiger partial charge in [-0.3, -0.25) is 4.99 Å². The van der Waals surface area contributed by atoms with Gasteiger partial charge in [-0.25, -0.2) is 0 Å². The SMILES string of the molecule is CCNC(=NCC(O)c1ccc(OC)cc1)NCCCOCCOC. The molecule has 0 aromatic heterocycles. The van der Waals surface area contributed by atoms with E-state index in [4.69, 9.17) is 14.2 Å². The van der Waals surface area contributed by atoms with Crippen molar-refractivity contribution < 1.29 is 19.3 Å². The molecular weight excluding hydrogens is 322 g/mol. The maximum atomic E-state index is 10.3. The third-order valence-corrected chi connectivity index (χ3v) is 3.46. The monoisotopic (exact) mass is 353 g/mol. The molecule has 0 aliphatic carbocycles. The molecule has 0 fully saturated rings. The summed E-state index contributed by atoms with van der Waals surface area (Å²) in [4.78, 5) is 4.43. The molecule has 1 unspecified atom stereocenters. The normalized spacial score (nSPS) is 12.7. The molecule has 7 nitrogen and oxygen atoms in total. The van der Waals surface area contributed by atoms with Gasteiger partial charge in [0, 0.05) is 26.8 Å². The van der Waals surface area contributed by atoms with Gasteiger partial charge in [0.2, 0.25) is 0 Å². The van der Waals surface area contributed by atoms with Crippen LogP contribution in [0.4, 0.5) is 0 Å². The highest BCUT2D eigenvalue weighted by Gasteiger charge is 2.07. The third kappa shape index (κ3) is 9.28. The van der Waals surface area contributed by atoms with Crippen molar-refractivity contribution in [3.05, 3.63) is 29.8 Å². The highest BCUT2D eigenvalue weighted by atomic mass is 16.5. The Hall–Kier alpha value is -1.83. The second-order valence-electron chi connectivity index (χ2n) is 5.39. The van der Waals surface area contributed by atoms with Crippen LogP contribution in [0.15, 0.2) is 29.3 Å². The number of nitrogens with one attached hydrogen (secondary N) is 2. The van der Waals surface area contributed by atoms with Crippen molar-refractivity contribution in [1.82, 2.24) is 10.6 Å². The quantitative estimate of drug-likeness (QED) is 0.299. The highest BCUT2D eigenvalue weighted by Crippen LogP contribution is 2.17. The van der Waals surface area contributed by atoms with E-state index in [-0.39, 0.29) is 6.54 Å². The summed E-state index contributed by atoms with van der Waals surface area (Å²) < 4.78 is 15.5. The number of aliphatic hydroxyl groups is 1. The number of hydrogen-bond acceptors (Lipinski definition) is 5. The van der Waals surface area contributed by atoms with Crippen LogP contribution in [0.1, 0.15) is 25.0 Å². The van der Waals surface area contributed by atoms with E-state index in [0.29, 0.717) is 25.8 Å². The average molecular weight is 353 g/mol. The Kier molecular flexibility index (Phi) is 11.4. The van der Waals surface area contributed by atoms with Gasteiger partial charge in [-0.1, -0.05) is 12.1 Å². The molecule has 0 amide bonds. The first kappa shape index (κ1) is 21.2. The number of nitrogens with zero attached hydrogens (tertiary/aromatic N) is 1. The van der Waals surface area contributed by atoms with Crippen LogP contribution in [0.2, 0.25) is 0 Å². The molecule has 0 bridgehead atoms. The molecule has 1 rings (SSSR count). The Bertz CT molecular complexity index is 480. The van der Waals surface area contributed by atoms with Gasteiger partial charge in [-0.15, -0.1) is 0 Å². The van der Waals surface area contributed by atoms with Crippen LogP contribution in [0.3, 0.4) is 0 Å². The predicted octanol–water partition coefficient (Wildman–Crippen LogP) is 1.34. The van der Waals surface area contributed by atoms with Crippen molar-refractivity contribution >= 4 is 5.96 Å². The Morgan fingerprint density at radius 3 is 2.52 bits per heavy atom. The summed E-state index contributed by atoms with van der Waals surface area (Å²) in [5.41, 5.74) is 0.812. The zero-order valence-electron chi connectivity index (χ0n) is 15.5. The van der Waals surface area contributed by atoms with E-state index >= 15 is 0 Å². The van der Waals surface area contributed by atoms with Gasteiger partial charge in [-0.2, -0.15) is 0 Å². The molecule has 1 aromatic carbocycles. The van der Waals surface area contributed by atoms with Crippen LogP contribution in [0, 0.1) is 0 Å². The molecule has 7 heteroatoms. The average Bonchev–Trinajstić information content (AvgIpc) is 2.65. The summed E-state index contributed by atoms with van der Waals surface area (Å²) >= 11 is 0. The summed E-state index contributed by atoms with van der Waals surface area (Å²) in [6, 6.07) is 7.35. The smallest absolute Gasteiger partial charge is 0.191 e. The van der Waals surface area contributed by atoms with Crippen molar-refractivity contribution in [1.29, 1.82) is 0 Å². The van der Waals surface area contributed by atoms with Crippen LogP contribution < -0.4 is 15.4 Å². The third-order valence-electron chi connectivity index (χ3n) is 3.46. The lowest BCUT2D eigenvalue weighted by molar-refractivity contribution is 0.0698. The molecule has 0 saturated heterocycles. The number of ether oxygens (including phenoxy) is 3. The van der Waals surface area contributed by atoms with E-state index in [1.807, 2.05) is 31.2 Å². The van der Waals surface area contributed by atoms with E-state index in [1.54, 1.807) is 14.2 Å². The Balaban J connectivity index is 2.37. The molecule has 0 aliphatic heterocycles. The van der Waals surface area contributed by atoms with Gasteiger partial charge in [0.1, 0.15) is 5.75 Å². The molecule has 0 saturated carbocycles. The summed E-state index contributed by atoms with van der Waals surface area (Å²) in [6.45, 7) is 5.69. The molecule has 142 valence electrons. The lowest BCUT2D eigenvalue weighted by atomic mass is 10.1. The first-order valence-corrected chi connectivity index (χ1v) is 8.62. The zero-order valence-corrected chi connectivity index (χ0v) is 15.5. The van der Waals surface area contributed by atoms with Crippen molar-refractivity contribution in [2.75, 3.05) is 53.7 Å². The molecule has 0 heterocycles. The lowest BCUT2D eigenvalue weighted by Gasteiger charge is -2.13. The second kappa shape index (κ2) is 13.5. The maximum absolute atomic E-state index is 10.3. The van der Waals surface area contributed by atoms with E-state index in [0.717, 1.165) is 30.8 Å². The van der Waals surface area contributed by atoms with E-state index in [9.17, 15) is 5.11 Å². The molecule has 1 aromatic rings. The number of aliphatic imine (C=N–C) groups is 1. The van der Waals surface area contributed by atoms with Crippen LogP contribution in [-0.4, -0.2) is 64.7 Å².